The van der Waals surface area contributed by atoms with Crippen molar-refractivity contribution >= 4 is 17.9 Å². The Labute approximate surface area is 127 Å². The maximum atomic E-state index is 12.2. The highest BCUT2D eigenvalue weighted by Gasteiger charge is 2.48. The van der Waals surface area contributed by atoms with E-state index in [1.807, 2.05) is 0 Å². The first-order chi connectivity index (χ1) is 11.0. The van der Waals surface area contributed by atoms with E-state index in [2.05, 4.69) is 15.4 Å². The summed E-state index contributed by atoms with van der Waals surface area (Å²) in [5.74, 6) is -3.72. The molecular formula is C13H7N3O7. The van der Waals surface area contributed by atoms with Gasteiger partial charge in [0.25, 0.3) is 0 Å². The van der Waals surface area contributed by atoms with Gasteiger partial charge in [-0.25, -0.2) is 4.79 Å². The predicted octanol–water partition coefficient (Wildman–Crippen LogP) is -0.769. The number of rotatable bonds is 0. The highest BCUT2D eigenvalue weighted by molar-refractivity contribution is 5.96. The summed E-state index contributed by atoms with van der Waals surface area (Å²) in [7, 11) is 0. The minimum absolute atomic E-state index is 0.0504. The maximum absolute atomic E-state index is 12.2. The zero-order chi connectivity index (χ0) is 16.2. The second-order valence-electron chi connectivity index (χ2n) is 5.10. The third-order valence-electron chi connectivity index (χ3n) is 3.47. The minimum Gasteiger partial charge on any atom is -0.422 e. The van der Waals surface area contributed by atoms with E-state index in [0.717, 1.165) is 0 Å². The highest BCUT2D eigenvalue weighted by atomic mass is 16.6. The van der Waals surface area contributed by atoms with Crippen LogP contribution in [0.1, 0.15) is 12.8 Å². The first kappa shape index (κ1) is 13.5. The lowest BCUT2D eigenvalue weighted by molar-refractivity contribution is -0.170. The van der Waals surface area contributed by atoms with Crippen LogP contribution in [0.25, 0.3) is 11.4 Å². The molecule has 0 spiro atoms. The van der Waals surface area contributed by atoms with E-state index in [9.17, 15) is 19.5 Å². The lowest BCUT2D eigenvalue weighted by Gasteiger charge is -2.28. The summed E-state index contributed by atoms with van der Waals surface area (Å²) in [6.07, 6.45) is -1.50. The molecule has 1 aliphatic carbocycles. The smallest absolute Gasteiger partial charge is 0.345 e. The molecule has 10 nitrogen and oxygen atoms in total. The molecular weight excluding hydrogens is 310 g/mol. The Morgan fingerprint density at radius 2 is 1.70 bits per heavy atom. The number of carbonyl (C=O) groups is 3. The molecule has 2 bridgehead atoms. The molecule has 1 atom stereocenters. The van der Waals surface area contributed by atoms with Crippen LogP contribution in [0, 0.1) is 0 Å². The quantitative estimate of drug-likeness (QED) is 0.616. The topological polar surface area (TPSA) is 138 Å². The van der Waals surface area contributed by atoms with E-state index in [0.29, 0.717) is 0 Å². The lowest BCUT2D eigenvalue weighted by Crippen LogP contribution is -2.48. The number of aliphatic hydroxyl groups is 1. The molecule has 23 heavy (non-hydrogen) atoms. The fourth-order valence-electron chi connectivity index (χ4n) is 2.39. The van der Waals surface area contributed by atoms with E-state index < -0.39 is 36.4 Å². The van der Waals surface area contributed by atoms with Crippen LogP contribution >= 0.6 is 0 Å². The zero-order valence-corrected chi connectivity index (χ0v) is 11.3. The average Bonchev–Trinajstić information content (AvgIpc) is 2.88. The van der Waals surface area contributed by atoms with Crippen LogP contribution in [-0.4, -0.2) is 44.0 Å². The molecule has 4 aliphatic rings. The van der Waals surface area contributed by atoms with E-state index in [1.54, 1.807) is 0 Å². The molecule has 0 aromatic heterocycles. The first-order valence-electron chi connectivity index (χ1n) is 6.48. The molecule has 3 heterocycles. The Bertz CT molecular complexity index is 852. The van der Waals surface area contributed by atoms with Crippen LogP contribution < -0.4 is 14.2 Å². The number of aromatic nitrogens is 3. The molecule has 0 aromatic carbocycles. The molecule has 1 unspecified atom stereocenters. The first-order valence-corrected chi connectivity index (χ1v) is 6.48. The number of fused-ring (bicyclic) bond motifs is 4. The molecule has 0 saturated carbocycles. The van der Waals surface area contributed by atoms with E-state index in [1.165, 1.54) is 12.1 Å². The summed E-state index contributed by atoms with van der Waals surface area (Å²) >= 11 is 0. The van der Waals surface area contributed by atoms with Gasteiger partial charge in [-0.3, -0.25) is 9.59 Å². The fourth-order valence-corrected chi connectivity index (χ4v) is 2.39. The SMILES string of the molecule is O=C1CC2(O)CC(=O)Oc3c4nnnc-4ccc(c3OC2=O)O1. The van der Waals surface area contributed by atoms with Crippen molar-refractivity contribution in [3.05, 3.63) is 12.1 Å². The van der Waals surface area contributed by atoms with E-state index >= 15 is 0 Å². The lowest BCUT2D eigenvalue weighted by atomic mass is 9.95. The fraction of sp³-hybridized carbons (Fsp3) is 0.231. The molecule has 0 radical (unpaired) electrons. The number of hydrogen-bond acceptors (Lipinski definition) is 10. The average molecular weight is 317 g/mol. The normalized spacial score (nSPS) is 23.3. The van der Waals surface area contributed by atoms with Crippen molar-refractivity contribution in [2.24, 2.45) is 0 Å². The van der Waals surface area contributed by atoms with Gasteiger partial charge >= 0.3 is 17.9 Å². The summed E-state index contributed by atoms with van der Waals surface area (Å²) in [5, 5.41) is 21.2. The van der Waals surface area contributed by atoms with Gasteiger partial charge in [0.2, 0.25) is 11.5 Å². The zero-order valence-electron chi connectivity index (χ0n) is 11.3. The molecule has 0 aromatic rings. The van der Waals surface area contributed by atoms with Gasteiger partial charge in [-0.15, -0.1) is 10.2 Å². The van der Waals surface area contributed by atoms with Gasteiger partial charge in [0.15, 0.2) is 17.0 Å². The van der Waals surface area contributed by atoms with Crippen LogP contribution in [0.3, 0.4) is 0 Å². The van der Waals surface area contributed by atoms with Gasteiger partial charge in [0.1, 0.15) is 5.69 Å². The van der Waals surface area contributed by atoms with Crippen molar-refractivity contribution in [1.29, 1.82) is 0 Å². The van der Waals surface area contributed by atoms with Crippen molar-refractivity contribution in [2.45, 2.75) is 18.4 Å². The molecule has 4 rings (SSSR count). The minimum atomic E-state index is -2.35. The Kier molecular flexibility index (Phi) is 2.60. The van der Waals surface area contributed by atoms with Gasteiger partial charge < -0.3 is 19.3 Å². The van der Waals surface area contributed by atoms with E-state index in [-0.39, 0.29) is 28.6 Å². The summed E-state index contributed by atoms with van der Waals surface area (Å²) in [6, 6.07) is 2.72. The predicted molar refractivity (Wildman–Crippen MR) is 67.5 cm³/mol. The monoisotopic (exact) mass is 317 g/mol. The van der Waals surface area contributed by atoms with Crippen molar-refractivity contribution in [2.75, 3.05) is 0 Å². The molecule has 1 N–H and O–H groups in total. The largest absolute Gasteiger partial charge is 0.422 e. The Hall–Kier alpha value is -3.14. The van der Waals surface area contributed by atoms with Crippen molar-refractivity contribution in [1.82, 2.24) is 15.4 Å². The Morgan fingerprint density at radius 1 is 0.957 bits per heavy atom. The number of carbonyl (C=O) groups excluding carboxylic acids is 3. The molecule has 0 amide bonds. The second-order valence-corrected chi connectivity index (χ2v) is 5.10. The van der Waals surface area contributed by atoms with Crippen molar-refractivity contribution < 1.29 is 33.7 Å². The van der Waals surface area contributed by atoms with Gasteiger partial charge in [0.05, 0.1) is 12.8 Å². The highest BCUT2D eigenvalue weighted by Crippen LogP contribution is 2.46. The molecule has 10 heteroatoms. The third-order valence-corrected chi connectivity index (χ3v) is 3.47. The van der Waals surface area contributed by atoms with Crippen LogP contribution in [-0.2, 0) is 14.4 Å². The second kappa shape index (κ2) is 4.43. The molecule has 3 aliphatic heterocycles. The summed E-state index contributed by atoms with van der Waals surface area (Å²) in [6.45, 7) is 0. The van der Waals surface area contributed by atoms with Gasteiger partial charge in [0, 0.05) is 0 Å². The van der Waals surface area contributed by atoms with Crippen LogP contribution in [0.2, 0.25) is 0 Å². The number of nitrogens with zero attached hydrogens (tertiary/aromatic N) is 3. The van der Waals surface area contributed by atoms with Crippen molar-refractivity contribution in [3.8, 4) is 28.6 Å². The summed E-state index contributed by atoms with van der Waals surface area (Å²) in [4.78, 5) is 36.1. The standard InChI is InChI=1S/C13H7N3O7/c17-7-3-13(20)4-8(18)22-11-9-5(14-16-15-9)1-2-6(21-7)10(11)23-12(13)19/h1-2,20H,3-4H2. The Balaban J connectivity index is 2.06. The number of esters is 3. The van der Waals surface area contributed by atoms with Gasteiger partial charge in [-0.05, 0) is 17.3 Å². The van der Waals surface area contributed by atoms with E-state index in [4.69, 9.17) is 14.2 Å². The Morgan fingerprint density at radius 3 is 2.48 bits per heavy atom. The number of hydrogen-bond donors (Lipinski definition) is 1. The number of ether oxygens (including phenoxy) is 3. The molecule has 0 fully saturated rings. The van der Waals surface area contributed by atoms with Crippen molar-refractivity contribution in [3.63, 3.8) is 0 Å². The third kappa shape index (κ3) is 1.99. The van der Waals surface area contributed by atoms with Gasteiger partial charge in [-0.1, -0.05) is 0 Å². The molecule has 116 valence electrons. The van der Waals surface area contributed by atoms with Gasteiger partial charge in [-0.2, -0.15) is 0 Å². The van der Waals surface area contributed by atoms with Crippen LogP contribution in [0.5, 0.6) is 17.2 Å². The molecule has 0 saturated heterocycles. The van der Waals surface area contributed by atoms with Crippen LogP contribution in [0.4, 0.5) is 0 Å². The summed E-state index contributed by atoms with van der Waals surface area (Å²) in [5.41, 5.74) is -2.07. The van der Waals surface area contributed by atoms with Crippen LogP contribution in [0.15, 0.2) is 12.1 Å². The maximum Gasteiger partial charge on any atom is 0.345 e. The summed E-state index contributed by atoms with van der Waals surface area (Å²) < 4.78 is 15.4.